The molecule has 1 saturated heterocycles. The number of ether oxygens (including phenoxy) is 4. The van der Waals surface area contributed by atoms with E-state index in [0.717, 1.165) is 37.1 Å². The van der Waals surface area contributed by atoms with Crippen LogP contribution >= 0.6 is 22.7 Å². The lowest BCUT2D eigenvalue weighted by molar-refractivity contribution is 0.00206. The third-order valence-corrected chi connectivity index (χ3v) is 9.56. The Bertz CT molecular complexity index is 1280. The summed E-state index contributed by atoms with van der Waals surface area (Å²) in [5.41, 5.74) is 7.90. The zero-order valence-electron chi connectivity index (χ0n) is 23.5. The molecule has 6 nitrogen and oxygen atoms in total. The SMILES string of the molecule is Cc1sc(C=O)cc1C1=C(c2cc(-c3ccc(N4CCOCCOCCOCCOCC4)cc3)sc2C)CCC1. The number of rotatable bonds is 5. The predicted octanol–water partition coefficient (Wildman–Crippen LogP) is 6.89. The van der Waals surface area contributed by atoms with Gasteiger partial charge in [-0.3, -0.25) is 4.79 Å². The van der Waals surface area contributed by atoms with Gasteiger partial charge in [0.25, 0.3) is 0 Å². The summed E-state index contributed by atoms with van der Waals surface area (Å²) in [6.07, 6.45) is 4.31. The van der Waals surface area contributed by atoms with Crippen LogP contribution in [0.15, 0.2) is 36.4 Å². The maximum Gasteiger partial charge on any atom is 0.160 e. The van der Waals surface area contributed by atoms with Gasteiger partial charge in [-0.1, -0.05) is 12.1 Å². The summed E-state index contributed by atoms with van der Waals surface area (Å²) >= 11 is 3.46. The van der Waals surface area contributed by atoms with Crippen LogP contribution in [0.5, 0.6) is 0 Å². The van der Waals surface area contributed by atoms with E-state index >= 15 is 0 Å². The fraction of sp³-hybridized carbons (Fsp3) is 0.469. The van der Waals surface area contributed by atoms with Crippen LogP contribution < -0.4 is 4.90 Å². The standard InChI is InChI=1S/C32H39NO5S2/c1-23-30(20-27(22-34)39-23)28-4-3-5-29(28)31-21-32(40-24(31)2)25-6-8-26(9-7-25)33-10-12-35-14-16-37-18-19-38-17-15-36-13-11-33/h6-9,20-22H,3-5,10-19H2,1-2H3. The Labute approximate surface area is 245 Å². The summed E-state index contributed by atoms with van der Waals surface area (Å²) in [6.45, 7) is 10.8. The highest BCUT2D eigenvalue weighted by molar-refractivity contribution is 7.15. The molecule has 1 aliphatic heterocycles. The van der Waals surface area contributed by atoms with E-state index in [1.807, 2.05) is 11.3 Å². The number of benzene rings is 1. The predicted molar refractivity (Wildman–Crippen MR) is 165 cm³/mol. The molecule has 0 saturated carbocycles. The number of hydrogen-bond donors (Lipinski definition) is 0. The number of allylic oxidation sites excluding steroid dienone is 2. The van der Waals surface area contributed by atoms with E-state index in [0.29, 0.717) is 52.9 Å². The van der Waals surface area contributed by atoms with Crippen molar-refractivity contribution in [1.29, 1.82) is 0 Å². The van der Waals surface area contributed by atoms with E-state index in [1.165, 1.54) is 54.6 Å². The number of carbonyl (C=O) groups is 1. The van der Waals surface area contributed by atoms with Crippen LogP contribution in [0.25, 0.3) is 21.6 Å². The largest absolute Gasteiger partial charge is 0.377 e. The first kappa shape index (κ1) is 29.2. The number of nitrogens with zero attached hydrogens (tertiary/aromatic N) is 1. The van der Waals surface area contributed by atoms with Gasteiger partial charge in [-0.25, -0.2) is 0 Å². The van der Waals surface area contributed by atoms with Crippen molar-refractivity contribution in [2.45, 2.75) is 33.1 Å². The second kappa shape index (κ2) is 14.5. The molecule has 0 spiro atoms. The Morgan fingerprint density at radius 1 is 0.700 bits per heavy atom. The zero-order chi connectivity index (χ0) is 27.7. The van der Waals surface area contributed by atoms with Crippen molar-refractivity contribution in [2.24, 2.45) is 0 Å². The van der Waals surface area contributed by atoms with Gasteiger partial charge in [-0.15, -0.1) is 22.7 Å². The average Bonchev–Trinajstić information content (AvgIpc) is 3.69. The Morgan fingerprint density at radius 3 is 1.77 bits per heavy atom. The lowest BCUT2D eigenvalue weighted by atomic mass is 9.97. The second-order valence-electron chi connectivity index (χ2n) is 10.1. The molecule has 2 aliphatic rings. The van der Waals surface area contributed by atoms with Gasteiger partial charge in [0.15, 0.2) is 6.29 Å². The van der Waals surface area contributed by atoms with Gasteiger partial charge in [0.1, 0.15) is 0 Å². The first-order valence-corrected chi connectivity index (χ1v) is 15.8. The number of thiophene rings is 2. The Morgan fingerprint density at radius 2 is 1.23 bits per heavy atom. The monoisotopic (exact) mass is 581 g/mol. The number of carbonyl (C=O) groups excluding carboxylic acids is 1. The van der Waals surface area contributed by atoms with Crippen molar-refractivity contribution in [1.82, 2.24) is 0 Å². The van der Waals surface area contributed by atoms with E-state index < -0.39 is 0 Å². The molecule has 0 N–H and O–H groups in total. The molecule has 1 aliphatic carbocycles. The summed E-state index contributed by atoms with van der Waals surface area (Å²) in [4.78, 5) is 18.4. The minimum Gasteiger partial charge on any atom is -0.377 e. The minimum absolute atomic E-state index is 0.585. The summed E-state index contributed by atoms with van der Waals surface area (Å²) in [5, 5.41) is 0. The minimum atomic E-state index is 0.585. The molecule has 0 bridgehead atoms. The molecule has 0 atom stereocenters. The van der Waals surface area contributed by atoms with Crippen molar-refractivity contribution in [3.63, 3.8) is 0 Å². The van der Waals surface area contributed by atoms with Gasteiger partial charge >= 0.3 is 0 Å². The summed E-state index contributed by atoms with van der Waals surface area (Å²) in [7, 11) is 0. The molecule has 0 amide bonds. The fourth-order valence-electron chi connectivity index (χ4n) is 5.44. The van der Waals surface area contributed by atoms with Crippen molar-refractivity contribution in [2.75, 3.05) is 70.8 Å². The lowest BCUT2D eigenvalue weighted by Gasteiger charge is -2.25. The van der Waals surface area contributed by atoms with Crippen molar-refractivity contribution >= 4 is 45.8 Å². The quantitative estimate of drug-likeness (QED) is 0.306. The van der Waals surface area contributed by atoms with E-state index in [2.05, 4.69) is 55.1 Å². The molecular formula is C32H39NO5S2. The summed E-state index contributed by atoms with van der Waals surface area (Å²) < 4.78 is 22.7. The van der Waals surface area contributed by atoms with Gasteiger partial charge in [-0.2, -0.15) is 0 Å². The Balaban J connectivity index is 1.31. The average molecular weight is 582 g/mol. The fourth-order valence-corrected chi connectivity index (χ4v) is 7.37. The van der Waals surface area contributed by atoms with Crippen LogP contribution in [0.2, 0.25) is 0 Å². The van der Waals surface area contributed by atoms with Gasteiger partial charge < -0.3 is 23.8 Å². The maximum absolute atomic E-state index is 11.4. The van der Waals surface area contributed by atoms with Gasteiger partial charge in [0, 0.05) is 33.4 Å². The maximum atomic E-state index is 11.4. The molecule has 3 aromatic rings. The molecule has 2 aromatic heterocycles. The molecule has 0 unspecified atom stereocenters. The highest BCUT2D eigenvalue weighted by Gasteiger charge is 2.23. The number of aldehydes is 1. The lowest BCUT2D eigenvalue weighted by Crippen LogP contribution is -2.31. The summed E-state index contributed by atoms with van der Waals surface area (Å²) in [6, 6.07) is 13.3. The van der Waals surface area contributed by atoms with Gasteiger partial charge in [-0.05, 0) is 85.2 Å². The van der Waals surface area contributed by atoms with Crippen LogP contribution in [0.1, 0.15) is 49.8 Å². The van der Waals surface area contributed by atoms with E-state index in [1.54, 1.807) is 11.3 Å². The Kier molecular flexibility index (Phi) is 10.6. The first-order chi connectivity index (χ1) is 19.6. The van der Waals surface area contributed by atoms with Crippen LogP contribution in [0.3, 0.4) is 0 Å². The van der Waals surface area contributed by atoms with E-state index in [9.17, 15) is 4.79 Å². The molecule has 40 heavy (non-hydrogen) atoms. The topological polar surface area (TPSA) is 57.2 Å². The molecule has 1 aromatic carbocycles. The van der Waals surface area contributed by atoms with Crippen LogP contribution in [0, 0.1) is 13.8 Å². The van der Waals surface area contributed by atoms with E-state index in [4.69, 9.17) is 18.9 Å². The van der Waals surface area contributed by atoms with Crippen LogP contribution in [-0.4, -0.2) is 72.2 Å². The van der Waals surface area contributed by atoms with Crippen LogP contribution in [-0.2, 0) is 18.9 Å². The smallest absolute Gasteiger partial charge is 0.160 e. The molecule has 214 valence electrons. The van der Waals surface area contributed by atoms with Gasteiger partial charge in [0.2, 0.25) is 0 Å². The second-order valence-corrected chi connectivity index (χ2v) is 12.7. The number of aryl methyl sites for hydroxylation is 2. The highest BCUT2D eigenvalue weighted by atomic mass is 32.1. The number of hydrogen-bond acceptors (Lipinski definition) is 8. The third-order valence-electron chi connectivity index (χ3n) is 7.48. The normalized spacial score (nSPS) is 18.5. The molecule has 5 rings (SSSR count). The van der Waals surface area contributed by atoms with Gasteiger partial charge in [0.05, 0.1) is 57.7 Å². The molecule has 1 fully saturated rings. The van der Waals surface area contributed by atoms with Crippen molar-refractivity contribution in [3.05, 3.63) is 62.2 Å². The molecular weight excluding hydrogens is 542 g/mol. The highest BCUT2D eigenvalue weighted by Crippen LogP contribution is 2.46. The van der Waals surface area contributed by atoms with E-state index in [-0.39, 0.29) is 0 Å². The molecule has 3 heterocycles. The van der Waals surface area contributed by atoms with Crippen molar-refractivity contribution in [3.8, 4) is 10.4 Å². The van der Waals surface area contributed by atoms with Crippen molar-refractivity contribution < 1.29 is 23.7 Å². The zero-order valence-corrected chi connectivity index (χ0v) is 25.2. The summed E-state index contributed by atoms with van der Waals surface area (Å²) in [5.74, 6) is 0. The Hall–Kier alpha value is -2.33. The van der Waals surface area contributed by atoms with Crippen LogP contribution in [0.4, 0.5) is 5.69 Å². The third kappa shape index (κ3) is 7.29. The first-order valence-electron chi connectivity index (χ1n) is 14.2. The number of anilines is 1. The molecule has 0 radical (unpaired) electrons. The molecule has 8 heteroatoms.